The molecule has 2 unspecified atom stereocenters. The van der Waals surface area contributed by atoms with Crippen LogP contribution in [-0.4, -0.2) is 48.4 Å². The smallest absolute Gasteiger partial charge is 0.463 e. The number of hydrogen-bond acceptors (Lipinski definition) is 7. The Hall–Kier alpha value is -2.84. The molecule has 54 heavy (non-hydrogen) atoms. The summed E-state index contributed by atoms with van der Waals surface area (Å²) in [5.74, 6) is -0.397. The first kappa shape index (κ1) is 51.2. The van der Waals surface area contributed by atoms with Crippen molar-refractivity contribution in [1.29, 1.82) is 0 Å². The Morgan fingerprint density at radius 3 is 1.33 bits per heavy atom. The molecule has 4 N–H and O–H groups in total. The van der Waals surface area contributed by atoms with Crippen LogP contribution in [0.25, 0.3) is 0 Å². The summed E-state index contributed by atoms with van der Waals surface area (Å²) in [4.78, 5) is 21.2. The van der Waals surface area contributed by atoms with Crippen molar-refractivity contribution in [2.75, 3.05) is 26.4 Å². The molecule has 0 saturated heterocycles. The number of nitrogens with two attached hydrogens (primary N) is 1. The van der Waals surface area contributed by atoms with E-state index in [-0.39, 0.29) is 26.2 Å². The van der Waals surface area contributed by atoms with Crippen molar-refractivity contribution >= 4 is 13.8 Å². The lowest BCUT2D eigenvalue weighted by atomic mass is 10.1. The molecule has 0 aromatic heterocycles. The largest absolute Gasteiger partial charge is 0.472 e. The van der Waals surface area contributed by atoms with Crippen molar-refractivity contribution in [2.45, 2.75) is 141 Å². The number of carbonyl (C=O) groups excluding carboxylic acids is 1. The Morgan fingerprint density at radius 2 is 0.926 bits per heavy atom. The number of aliphatic hydroxyl groups excluding tert-OH is 1. The third-order valence-corrected chi connectivity index (χ3v) is 8.89. The molecule has 0 amide bonds. The van der Waals surface area contributed by atoms with Crippen molar-refractivity contribution in [3.8, 4) is 0 Å². The van der Waals surface area contributed by atoms with Crippen molar-refractivity contribution in [2.24, 2.45) is 5.73 Å². The zero-order valence-corrected chi connectivity index (χ0v) is 34.3. The highest BCUT2D eigenvalue weighted by molar-refractivity contribution is 7.47. The normalized spacial score (nSPS) is 14.7. The van der Waals surface area contributed by atoms with Crippen LogP contribution < -0.4 is 5.73 Å². The van der Waals surface area contributed by atoms with Gasteiger partial charge in [-0.05, 0) is 77.0 Å². The molecular formula is C45H74NO7P. The molecule has 0 heterocycles. The van der Waals surface area contributed by atoms with E-state index in [1.54, 1.807) is 0 Å². The number of unbranched alkanes of at least 4 members (excludes halogenated alkanes) is 9. The number of rotatable bonds is 37. The van der Waals surface area contributed by atoms with Gasteiger partial charge in [0.25, 0.3) is 0 Å². The van der Waals surface area contributed by atoms with E-state index in [1.807, 2.05) is 0 Å². The molecule has 306 valence electrons. The molecule has 0 aliphatic heterocycles. The second-order valence-electron chi connectivity index (χ2n) is 13.0. The predicted octanol–water partition coefficient (Wildman–Crippen LogP) is 11.8. The number of esters is 1. The molecule has 0 aliphatic rings. The van der Waals surface area contributed by atoms with Crippen molar-refractivity contribution in [3.05, 3.63) is 109 Å². The number of carbonyl (C=O) groups is 1. The topological polar surface area (TPSA) is 128 Å². The van der Waals surface area contributed by atoms with Gasteiger partial charge in [0.15, 0.2) is 0 Å². The first-order valence-corrected chi connectivity index (χ1v) is 21.9. The van der Waals surface area contributed by atoms with Gasteiger partial charge in [-0.25, -0.2) is 4.57 Å². The standard InChI is InChI=1S/C45H74NO7P/c1-2-3-4-5-6-7-8-9-10-11-12-13-14-15-16-17-18-19-20-21-22-23-24-25-26-27-28-29-30-31-32-33-34-35-36-37-38-39-45(48)51-42-44(47)43-53-54(49,50)52-41-40-46/h3-4,6-7,9-10,12-13,15-16,18-19,21-22,24-25,27-28,44,47H,2,5,8,11,14,17,20,23,26,29-43,46H2,1H3,(H,49,50)/b4-3-,7-6-,10-9-,13-12-,16-15-,19-18-,22-21-,25-24-,28-27-. The van der Waals surface area contributed by atoms with E-state index >= 15 is 0 Å². The molecule has 8 nitrogen and oxygen atoms in total. The fourth-order valence-corrected chi connectivity index (χ4v) is 5.69. The van der Waals surface area contributed by atoms with Gasteiger partial charge in [-0.2, -0.15) is 0 Å². The molecule has 0 fully saturated rings. The van der Waals surface area contributed by atoms with Crippen LogP contribution in [0.15, 0.2) is 109 Å². The van der Waals surface area contributed by atoms with Crippen LogP contribution in [-0.2, 0) is 23.1 Å². The average molecular weight is 772 g/mol. The molecule has 2 atom stereocenters. The van der Waals surface area contributed by atoms with Gasteiger partial charge in [0.2, 0.25) is 0 Å². The number of phosphoric ester groups is 1. The van der Waals surface area contributed by atoms with Crippen LogP contribution in [0.3, 0.4) is 0 Å². The predicted molar refractivity (Wildman–Crippen MR) is 228 cm³/mol. The van der Waals surface area contributed by atoms with Crippen LogP contribution in [0.2, 0.25) is 0 Å². The third kappa shape index (κ3) is 41.9. The molecule has 0 aromatic rings. The molecule has 0 aromatic carbocycles. The number of ether oxygens (including phenoxy) is 1. The maximum absolute atomic E-state index is 11.8. The summed E-state index contributed by atoms with van der Waals surface area (Å²) in [6.07, 6.45) is 59.7. The van der Waals surface area contributed by atoms with E-state index in [0.29, 0.717) is 0 Å². The molecular weight excluding hydrogens is 697 g/mol. The van der Waals surface area contributed by atoms with E-state index in [4.69, 9.17) is 10.5 Å². The van der Waals surface area contributed by atoms with Crippen LogP contribution in [0.4, 0.5) is 0 Å². The summed E-state index contributed by atoms with van der Waals surface area (Å²) >= 11 is 0. The van der Waals surface area contributed by atoms with Crippen LogP contribution in [0, 0.1) is 0 Å². The van der Waals surface area contributed by atoms with Crippen LogP contribution in [0.1, 0.15) is 135 Å². The molecule has 0 aliphatic carbocycles. The highest BCUT2D eigenvalue weighted by Gasteiger charge is 2.22. The minimum atomic E-state index is -4.26. The molecule has 0 saturated carbocycles. The number of allylic oxidation sites excluding steroid dienone is 18. The maximum atomic E-state index is 11.8. The van der Waals surface area contributed by atoms with E-state index in [2.05, 4.69) is 125 Å². The van der Waals surface area contributed by atoms with Crippen molar-refractivity contribution < 1.29 is 33.1 Å². The van der Waals surface area contributed by atoms with Gasteiger partial charge in [-0.15, -0.1) is 0 Å². The van der Waals surface area contributed by atoms with E-state index in [0.717, 1.165) is 83.5 Å². The van der Waals surface area contributed by atoms with Gasteiger partial charge in [-0.3, -0.25) is 13.8 Å². The minimum Gasteiger partial charge on any atom is -0.463 e. The fraction of sp³-hybridized carbons (Fsp3) is 0.578. The first-order valence-electron chi connectivity index (χ1n) is 20.4. The second kappa shape index (κ2) is 41.3. The average Bonchev–Trinajstić information content (AvgIpc) is 3.16. The summed E-state index contributed by atoms with van der Waals surface area (Å²) < 4.78 is 25.7. The lowest BCUT2D eigenvalue weighted by Gasteiger charge is -2.15. The monoisotopic (exact) mass is 772 g/mol. The van der Waals surface area contributed by atoms with Gasteiger partial charge in [0.05, 0.1) is 13.2 Å². The van der Waals surface area contributed by atoms with E-state index in [1.165, 1.54) is 38.5 Å². The van der Waals surface area contributed by atoms with Crippen LogP contribution >= 0.6 is 7.82 Å². The van der Waals surface area contributed by atoms with Crippen molar-refractivity contribution in [3.63, 3.8) is 0 Å². The van der Waals surface area contributed by atoms with Gasteiger partial charge in [0, 0.05) is 13.0 Å². The Labute approximate surface area is 329 Å². The minimum absolute atomic E-state index is 0.0683. The molecule has 0 bridgehead atoms. The number of hydrogen-bond donors (Lipinski definition) is 3. The van der Waals surface area contributed by atoms with Gasteiger partial charge >= 0.3 is 13.8 Å². The van der Waals surface area contributed by atoms with Gasteiger partial charge in [0.1, 0.15) is 12.7 Å². The quantitative estimate of drug-likeness (QED) is 0.0246. The van der Waals surface area contributed by atoms with E-state index < -0.39 is 26.5 Å². The third-order valence-electron chi connectivity index (χ3n) is 7.90. The lowest BCUT2D eigenvalue weighted by Crippen LogP contribution is -2.23. The molecule has 0 spiro atoms. The molecule has 0 radical (unpaired) electrons. The SMILES string of the molecule is CC/C=C\C/C=C\C/C=C\C/C=C\C/C=C\C/C=C\C/C=C\C/C=C\C/C=C\CCCCCCCCCCCC(=O)OCC(O)COP(=O)(O)OCCN. The summed E-state index contributed by atoms with van der Waals surface area (Å²) in [5, 5.41) is 9.76. The first-order chi connectivity index (χ1) is 26.4. The van der Waals surface area contributed by atoms with Gasteiger partial charge in [-0.1, -0.05) is 161 Å². The molecule has 0 rings (SSSR count). The highest BCUT2D eigenvalue weighted by Crippen LogP contribution is 2.42. The van der Waals surface area contributed by atoms with Gasteiger partial charge < -0.3 is 20.5 Å². The Morgan fingerprint density at radius 1 is 0.556 bits per heavy atom. The Balaban J connectivity index is 3.54. The number of phosphoric acid groups is 1. The Bertz CT molecular complexity index is 1180. The summed E-state index contributed by atoms with van der Waals surface area (Å²) in [5.41, 5.74) is 5.20. The zero-order chi connectivity index (χ0) is 39.5. The van der Waals surface area contributed by atoms with Crippen molar-refractivity contribution in [1.82, 2.24) is 0 Å². The highest BCUT2D eigenvalue weighted by atomic mass is 31.2. The number of aliphatic hydroxyl groups is 1. The second-order valence-corrected chi connectivity index (χ2v) is 14.4. The lowest BCUT2D eigenvalue weighted by molar-refractivity contribution is -0.147. The summed E-state index contributed by atoms with van der Waals surface area (Å²) in [6.45, 7) is 1.31. The maximum Gasteiger partial charge on any atom is 0.472 e. The van der Waals surface area contributed by atoms with Crippen LogP contribution in [0.5, 0.6) is 0 Å². The fourth-order valence-electron chi connectivity index (χ4n) is 4.92. The van der Waals surface area contributed by atoms with E-state index in [9.17, 15) is 19.4 Å². The summed E-state index contributed by atoms with van der Waals surface area (Å²) in [7, 11) is -4.26. The zero-order valence-electron chi connectivity index (χ0n) is 33.4. The summed E-state index contributed by atoms with van der Waals surface area (Å²) in [6, 6.07) is 0. The Kier molecular flexibility index (Phi) is 39.2. The molecule has 9 heteroatoms.